The number of rotatable bonds is 17. The van der Waals surface area contributed by atoms with Crippen molar-refractivity contribution < 1.29 is 33.8 Å². The molecule has 1 aromatic rings. The summed E-state index contributed by atoms with van der Waals surface area (Å²) in [5.74, 6) is -2.52. The molecule has 3 rings (SSSR count). The number of hydrogen-bond acceptors (Lipinski definition) is 7. The Morgan fingerprint density at radius 2 is 1.53 bits per heavy atom. The average Bonchev–Trinajstić information content (AvgIpc) is 3.45. The third-order valence-corrected chi connectivity index (χ3v) is 10.0. The fraction of sp³-hybridized carbons (Fsp3) is 0.718. The van der Waals surface area contributed by atoms with Gasteiger partial charge in [0.1, 0.15) is 29.8 Å². The number of unbranched alkanes of at least 4 members (excludes halogenated alkanes) is 1. The number of amides is 4. The first-order chi connectivity index (χ1) is 24.0. The van der Waals surface area contributed by atoms with E-state index < -0.39 is 59.6 Å². The molecule has 51 heavy (non-hydrogen) atoms. The normalized spacial score (nSPS) is 20.8. The number of ether oxygens (including phenoxy) is 1. The van der Waals surface area contributed by atoms with Gasteiger partial charge in [-0.25, -0.2) is 9.59 Å². The second-order valence-corrected chi connectivity index (χ2v) is 16.2. The van der Waals surface area contributed by atoms with Crippen LogP contribution in [0.25, 0.3) is 0 Å². The molecule has 0 aromatic heterocycles. The largest absolute Gasteiger partial charge is 0.480 e. The molecule has 0 bridgehead atoms. The van der Waals surface area contributed by atoms with Crippen LogP contribution in [0.1, 0.15) is 112 Å². The van der Waals surface area contributed by atoms with E-state index in [9.17, 15) is 29.1 Å². The van der Waals surface area contributed by atoms with E-state index >= 15 is 0 Å². The van der Waals surface area contributed by atoms with Crippen LogP contribution in [-0.4, -0.2) is 100 Å². The predicted octanol–water partition coefficient (Wildman–Crippen LogP) is 4.89. The van der Waals surface area contributed by atoms with Gasteiger partial charge in [0.2, 0.25) is 17.7 Å². The number of aliphatic carboxylic acids is 1. The second-order valence-electron chi connectivity index (χ2n) is 16.2. The van der Waals surface area contributed by atoms with Crippen molar-refractivity contribution in [2.75, 3.05) is 13.6 Å². The highest BCUT2D eigenvalue weighted by molar-refractivity contribution is 5.95. The van der Waals surface area contributed by atoms with Crippen molar-refractivity contribution in [2.45, 2.75) is 155 Å². The second kappa shape index (κ2) is 19.2. The number of carbonyl (C=O) groups excluding carboxylic acids is 4. The molecule has 286 valence electrons. The summed E-state index contributed by atoms with van der Waals surface area (Å²) in [6.45, 7) is 14.2. The monoisotopic (exact) mass is 713 g/mol. The molecule has 2 aliphatic rings. The number of carboxylic acid groups (broad SMARTS) is 1. The number of carboxylic acids is 1. The quantitative estimate of drug-likeness (QED) is 0.166. The lowest BCUT2D eigenvalue weighted by atomic mass is 9.85. The lowest BCUT2D eigenvalue weighted by molar-refractivity contribution is -0.142. The van der Waals surface area contributed by atoms with Crippen LogP contribution in [0.4, 0.5) is 4.79 Å². The lowest BCUT2D eigenvalue weighted by Crippen LogP contribution is -2.58. The fourth-order valence-corrected chi connectivity index (χ4v) is 7.07. The van der Waals surface area contributed by atoms with Gasteiger partial charge in [0.05, 0.1) is 0 Å². The summed E-state index contributed by atoms with van der Waals surface area (Å²) in [4.78, 5) is 71.3. The lowest BCUT2D eigenvalue weighted by Gasteiger charge is -2.35. The third kappa shape index (κ3) is 13.1. The topological polar surface area (TPSA) is 157 Å². The van der Waals surface area contributed by atoms with Gasteiger partial charge in [-0.2, -0.15) is 0 Å². The van der Waals surface area contributed by atoms with E-state index in [-0.39, 0.29) is 30.7 Å². The van der Waals surface area contributed by atoms with Crippen molar-refractivity contribution >= 4 is 29.8 Å². The molecule has 6 atom stereocenters. The molecule has 1 heterocycles. The predicted molar refractivity (Wildman–Crippen MR) is 197 cm³/mol. The van der Waals surface area contributed by atoms with Gasteiger partial charge in [-0.15, -0.1) is 0 Å². The van der Waals surface area contributed by atoms with Crippen LogP contribution in [0.15, 0.2) is 30.3 Å². The Labute approximate surface area is 304 Å². The first kappa shape index (κ1) is 41.7. The molecule has 1 aromatic carbocycles. The molecule has 12 heteroatoms. The Kier molecular flexibility index (Phi) is 15.8. The first-order valence-electron chi connectivity index (χ1n) is 18.9. The van der Waals surface area contributed by atoms with E-state index in [1.54, 1.807) is 25.7 Å². The summed E-state index contributed by atoms with van der Waals surface area (Å²) < 4.78 is 5.77. The zero-order chi connectivity index (χ0) is 37.9. The first-order valence-corrected chi connectivity index (χ1v) is 18.9. The van der Waals surface area contributed by atoms with Gasteiger partial charge in [-0.1, -0.05) is 57.0 Å². The molecule has 1 saturated heterocycles. The molecule has 1 saturated carbocycles. The van der Waals surface area contributed by atoms with Crippen molar-refractivity contribution in [3.63, 3.8) is 0 Å². The van der Waals surface area contributed by atoms with Crippen LogP contribution in [0.2, 0.25) is 0 Å². The van der Waals surface area contributed by atoms with Crippen LogP contribution in [-0.2, 0) is 30.3 Å². The Hall–Kier alpha value is -3.67. The fourth-order valence-electron chi connectivity index (χ4n) is 7.07. The summed E-state index contributed by atoms with van der Waals surface area (Å²) in [7, 11) is 2.04. The van der Waals surface area contributed by atoms with E-state index in [0.717, 1.165) is 44.2 Å². The minimum Gasteiger partial charge on any atom is -0.480 e. The number of nitrogens with one attached hydrogen (secondary N) is 3. The van der Waals surface area contributed by atoms with Gasteiger partial charge in [0, 0.05) is 18.5 Å². The van der Waals surface area contributed by atoms with Crippen LogP contribution < -0.4 is 16.0 Å². The molecular weight excluding hydrogens is 650 g/mol. The van der Waals surface area contributed by atoms with E-state index in [1.807, 2.05) is 51.2 Å². The van der Waals surface area contributed by atoms with Crippen molar-refractivity contribution in [1.29, 1.82) is 0 Å². The molecule has 12 nitrogen and oxygen atoms in total. The van der Waals surface area contributed by atoms with Gasteiger partial charge in [0.15, 0.2) is 0 Å². The number of likely N-dealkylation sites (tertiary alicyclic amines) is 1. The zero-order valence-corrected chi connectivity index (χ0v) is 32.1. The Balaban J connectivity index is 1.87. The number of hydrogen-bond donors (Lipinski definition) is 4. The smallest absolute Gasteiger partial charge is 0.411 e. The van der Waals surface area contributed by atoms with Crippen molar-refractivity contribution in [2.24, 2.45) is 11.8 Å². The van der Waals surface area contributed by atoms with Gasteiger partial charge >= 0.3 is 12.1 Å². The van der Waals surface area contributed by atoms with Gasteiger partial charge < -0.3 is 30.7 Å². The highest BCUT2D eigenvalue weighted by Crippen LogP contribution is 2.40. The molecule has 0 spiro atoms. The maximum Gasteiger partial charge on any atom is 0.411 e. The number of benzene rings is 1. The molecule has 1 aliphatic heterocycles. The van der Waals surface area contributed by atoms with Gasteiger partial charge in [0.25, 0.3) is 0 Å². The summed E-state index contributed by atoms with van der Waals surface area (Å²) in [5, 5.41) is 18.3. The van der Waals surface area contributed by atoms with Crippen LogP contribution in [0, 0.1) is 11.8 Å². The summed E-state index contributed by atoms with van der Waals surface area (Å²) >= 11 is 0. The molecule has 4 amide bonds. The summed E-state index contributed by atoms with van der Waals surface area (Å²) in [6, 6.07) is 5.46. The highest BCUT2D eigenvalue weighted by Gasteiger charge is 2.49. The van der Waals surface area contributed by atoms with Crippen molar-refractivity contribution in [1.82, 2.24) is 25.8 Å². The minimum absolute atomic E-state index is 0.0163. The summed E-state index contributed by atoms with van der Waals surface area (Å²) in [5.41, 5.74) is 0.0483. The molecule has 2 fully saturated rings. The third-order valence-electron chi connectivity index (χ3n) is 10.0. The maximum absolute atomic E-state index is 14.2. The van der Waals surface area contributed by atoms with Gasteiger partial charge in [-0.05, 0) is 111 Å². The van der Waals surface area contributed by atoms with Gasteiger partial charge in [-0.3, -0.25) is 19.3 Å². The van der Waals surface area contributed by atoms with E-state index in [2.05, 4.69) is 34.7 Å². The van der Waals surface area contributed by atoms with Crippen LogP contribution in [0.3, 0.4) is 0 Å². The van der Waals surface area contributed by atoms with E-state index in [1.165, 1.54) is 0 Å². The molecular formula is C39H63N5O7. The van der Waals surface area contributed by atoms with Crippen LogP contribution in [0.5, 0.6) is 0 Å². The van der Waals surface area contributed by atoms with Crippen LogP contribution >= 0.6 is 0 Å². The Morgan fingerprint density at radius 3 is 2.14 bits per heavy atom. The maximum atomic E-state index is 14.2. The number of fused-ring (bicyclic) bond motifs is 1. The molecule has 4 N–H and O–H groups in total. The van der Waals surface area contributed by atoms with Crippen molar-refractivity contribution in [3.05, 3.63) is 35.9 Å². The Bertz CT molecular complexity index is 1310. The standard InChI is InChI=1S/C39H63N5O7/c1-25(2)22-31(37(48)49)42-35(46)30(23-27-16-10-9-11-17-27)41-34(45)29(19-14-15-21-43(8)26(3)4)40-36(47)33-24-28-18-12-13-20-32(28)44(33)38(50)51-39(5,6)7/h9-11,16-17,25-26,28-33H,12-15,18-24H2,1-8H3,(H,40,47)(H,41,45)(H,42,46)(H,48,49)/t28-,29-,30-,31-,32-,33-/m0/s1. The average molecular weight is 714 g/mol. The van der Waals surface area contributed by atoms with Crippen molar-refractivity contribution in [3.8, 4) is 0 Å². The molecule has 1 aliphatic carbocycles. The zero-order valence-electron chi connectivity index (χ0n) is 32.1. The summed E-state index contributed by atoms with van der Waals surface area (Å²) in [6.07, 6.45) is 5.80. The highest BCUT2D eigenvalue weighted by atomic mass is 16.6. The van der Waals surface area contributed by atoms with E-state index in [4.69, 9.17) is 4.74 Å². The Morgan fingerprint density at radius 1 is 0.902 bits per heavy atom. The number of nitrogens with zero attached hydrogens (tertiary/aromatic N) is 2. The van der Waals surface area contributed by atoms with E-state index in [0.29, 0.717) is 25.3 Å². The molecule has 0 radical (unpaired) electrons. The SMILES string of the molecule is CC(C)C[C@H](NC(=O)[C@H](Cc1ccccc1)NC(=O)[C@H](CCCCN(C)C(C)C)NC(=O)[C@@H]1C[C@@H]2CCCC[C@@H]2N1C(=O)OC(C)(C)C)C(=O)O. The minimum atomic E-state index is -1.15. The number of carbonyl (C=O) groups is 5. The molecule has 0 unspecified atom stereocenters.